The summed E-state index contributed by atoms with van der Waals surface area (Å²) in [4.78, 5) is 17.3. The Morgan fingerprint density at radius 3 is 2.80 bits per heavy atom. The summed E-state index contributed by atoms with van der Waals surface area (Å²) in [7, 11) is -3.76. The number of nitrogens with one attached hydrogen (secondary N) is 1. The second kappa shape index (κ2) is 8.45. The Morgan fingerprint density at radius 2 is 2.00 bits per heavy atom. The minimum absolute atomic E-state index is 0.160. The molecule has 2 heterocycles. The quantitative estimate of drug-likeness (QED) is 0.593. The van der Waals surface area contributed by atoms with Crippen LogP contribution in [-0.4, -0.2) is 36.7 Å². The van der Waals surface area contributed by atoms with E-state index in [0.29, 0.717) is 30.6 Å². The van der Waals surface area contributed by atoms with Gasteiger partial charge in [0.05, 0.1) is 11.4 Å². The number of hydrogen-bond acceptors (Lipinski definition) is 4. The first-order valence-electron chi connectivity index (χ1n) is 9.77. The van der Waals surface area contributed by atoms with E-state index in [1.165, 1.54) is 4.31 Å². The van der Waals surface area contributed by atoms with Crippen molar-refractivity contribution in [1.29, 1.82) is 0 Å². The van der Waals surface area contributed by atoms with Crippen molar-refractivity contribution >= 4 is 48.5 Å². The van der Waals surface area contributed by atoms with Gasteiger partial charge in [0.1, 0.15) is 4.90 Å². The summed E-state index contributed by atoms with van der Waals surface area (Å²) in [5.41, 5.74) is 2.18. The minimum atomic E-state index is -3.76. The lowest BCUT2D eigenvalue weighted by molar-refractivity contribution is -0.120. The maximum Gasteiger partial charge on any atom is 0.245 e. The number of rotatable bonds is 4. The van der Waals surface area contributed by atoms with Gasteiger partial charge in [-0.3, -0.25) is 9.78 Å². The Balaban J connectivity index is 1.55. The number of fused-ring (bicyclic) bond motifs is 1. The van der Waals surface area contributed by atoms with Gasteiger partial charge in [-0.1, -0.05) is 34.1 Å². The molecule has 6 nitrogen and oxygen atoms in total. The summed E-state index contributed by atoms with van der Waals surface area (Å²) in [5, 5.41) is 3.70. The van der Waals surface area contributed by atoms with Crippen molar-refractivity contribution in [2.45, 2.75) is 24.7 Å². The van der Waals surface area contributed by atoms with Crippen LogP contribution in [0.15, 0.2) is 64.1 Å². The molecule has 2 aromatic carbocycles. The van der Waals surface area contributed by atoms with E-state index in [2.05, 4.69) is 26.2 Å². The van der Waals surface area contributed by atoms with Gasteiger partial charge in [0.25, 0.3) is 0 Å². The number of carbonyl (C=O) groups excluding carboxylic acids is 1. The van der Waals surface area contributed by atoms with E-state index < -0.39 is 15.9 Å². The van der Waals surface area contributed by atoms with Gasteiger partial charge < -0.3 is 5.32 Å². The number of nitrogens with zero attached hydrogens (tertiary/aromatic N) is 2. The number of para-hydroxylation sites is 1. The molecule has 8 heteroatoms. The first-order chi connectivity index (χ1) is 14.4. The number of carbonyl (C=O) groups is 1. The van der Waals surface area contributed by atoms with Crippen molar-refractivity contribution in [2.24, 2.45) is 5.92 Å². The van der Waals surface area contributed by atoms with Gasteiger partial charge in [0.2, 0.25) is 15.9 Å². The van der Waals surface area contributed by atoms with Gasteiger partial charge in [0.15, 0.2) is 0 Å². The maximum atomic E-state index is 13.4. The Labute approximate surface area is 184 Å². The van der Waals surface area contributed by atoms with Crippen LogP contribution in [0.3, 0.4) is 0 Å². The molecule has 0 spiro atoms. The van der Waals surface area contributed by atoms with E-state index in [1.54, 1.807) is 24.4 Å². The predicted molar refractivity (Wildman–Crippen MR) is 121 cm³/mol. The SMILES string of the molecule is Cc1cc(NC(=O)[C@@H]2CCCN(S(=O)(=O)c3cccc4cccnc34)C2)ccc1Br. The second-order valence-corrected chi connectivity index (χ2v) is 10.2. The molecule has 1 aromatic heterocycles. The van der Waals surface area contributed by atoms with Gasteiger partial charge in [0, 0.05) is 34.8 Å². The van der Waals surface area contributed by atoms with E-state index in [9.17, 15) is 13.2 Å². The lowest BCUT2D eigenvalue weighted by atomic mass is 9.98. The molecular formula is C22H22BrN3O3S. The van der Waals surface area contributed by atoms with E-state index in [4.69, 9.17) is 0 Å². The van der Waals surface area contributed by atoms with Crippen molar-refractivity contribution in [2.75, 3.05) is 18.4 Å². The smallest absolute Gasteiger partial charge is 0.245 e. The van der Waals surface area contributed by atoms with Gasteiger partial charge in [-0.25, -0.2) is 8.42 Å². The maximum absolute atomic E-state index is 13.4. The second-order valence-electron chi connectivity index (χ2n) is 7.49. The molecule has 0 radical (unpaired) electrons. The fourth-order valence-electron chi connectivity index (χ4n) is 3.76. The Bertz CT molecular complexity index is 1210. The van der Waals surface area contributed by atoms with Gasteiger partial charge in [-0.2, -0.15) is 4.31 Å². The summed E-state index contributed by atoms with van der Waals surface area (Å²) in [6.45, 7) is 2.51. The van der Waals surface area contributed by atoms with Crippen LogP contribution in [0.5, 0.6) is 0 Å². The predicted octanol–water partition coefficient (Wildman–Crippen LogP) is 4.35. The molecule has 1 saturated heterocycles. The van der Waals surface area contributed by atoms with Crippen molar-refractivity contribution in [3.8, 4) is 0 Å². The zero-order chi connectivity index (χ0) is 21.3. The number of aromatic nitrogens is 1. The van der Waals surface area contributed by atoms with E-state index in [1.807, 2.05) is 37.3 Å². The van der Waals surface area contributed by atoms with Crippen molar-refractivity contribution in [3.63, 3.8) is 0 Å². The molecule has 0 saturated carbocycles. The van der Waals surface area contributed by atoms with E-state index >= 15 is 0 Å². The molecule has 1 N–H and O–H groups in total. The van der Waals surface area contributed by atoms with Crippen molar-refractivity contribution in [3.05, 3.63) is 64.8 Å². The third-order valence-corrected chi connectivity index (χ3v) is 8.18. The molecule has 1 atom stereocenters. The molecular weight excluding hydrogens is 466 g/mol. The molecule has 0 bridgehead atoms. The van der Waals surface area contributed by atoms with Crippen molar-refractivity contribution in [1.82, 2.24) is 9.29 Å². The van der Waals surface area contributed by atoms with Crippen LogP contribution >= 0.6 is 15.9 Å². The van der Waals surface area contributed by atoms with Crippen LogP contribution < -0.4 is 5.32 Å². The molecule has 1 aliphatic rings. The topological polar surface area (TPSA) is 79.4 Å². The van der Waals surface area contributed by atoms with Crippen LogP contribution in [0.25, 0.3) is 10.9 Å². The third kappa shape index (κ3) is 4.12. The monoisotopic (exact) mass is 487 g/mol. The largest absolute Gasteiger partial charge is 0.326 e. The Morgan fingerprint density at radius 1 is 1.20 bits per heavy atom. The number of piperidine rings is 1. The molecule has 1 fully saturated rings. The highest BCUT2D eigenvalue weighted by Crippen LogP contribution is 2.28. The molecule has 30 heavy (non-hydrogen) atoms. The summed E-state index contributed by atoms with van der Waals surface area (Å²) in [6.07, 6.45) is 2.88. The zero-order valence-corrected chi connectivity index (χ0v) is 18.9. The Kier molecular flexibility index (Phi) is 5.90. The number of aryl methyl sites for hydroxylation is 1. The molecule has 1 amide bonds. The standard InChI is InChI=1S/C22H22BrN3O3S/c1-15-13-18(9-10-19(15)23)25-22(27)17-7-4-12-26(14-17)30(28,29)20-8-2-5-16-6-3-11-24-21(16)20/h2-3,5-6,8-11,13,17H,4,7,12,14H2,1H3,(H,25,27)/t17-/m1/s1. The van der Waals surface area contributed by atoms with Gasteiger partial charge in [-0.05, 0) is 55.7 Å². The fourth-order valence-corrected chi connectivity index (χ4v) is 5.70. The average molecular weight is 488 g/mol. The summed E-state index contributed by atoms with van der Waals surface area (Å²) < 4.78 is 29.1. The summed E-state index contributed by atoms with van der Waals surface area (Å²) >= 11 is 3.45. The molecule has 0 aliphatic carbocycles. The number of halogens is 1. The van der Waals surface area contributed by atoms with E-state index in [0.717, 1.165) is 15.4 Å². The van der Waals surface area contributed by atoms with Gasteiger partial charge in [-0.15, -0.1) is 0 Å². The third-order valence-electron chi connectivity index (χ3n) is 5.39. The lowest BCUT2D eigenvalue weighted by Gasteiger charge is -2.31. The van der Waals surface area contributed by atoms with E-state index in [-0.39, 0.29) is 17.3 Å². The Hall–Kier alpha value is -2.29. The number of benzene rings is 2. The van der Waals surface area contributed by atoms with Crippen LogP contribution in [0.2, 0.25) is 0 Å². The normalized spacial score (nSPS) is 17.7. The highest BCUT2D eigenvalue weighted by atomic mass is 79.9. The van der Waals surface area contributed by atoms with Crippen LogP contribution in [0.1, 0.15) is 18.4 Å². The van der Waals surface area contributed by atoms with Crippen LogP contribution in [0, 0.1) is 12.8 Å². The first-order valence-corrected chi connectivity index (χ1v) is 12.0. The molecule has 156 valence electrons. The van der Waals surface area contributed by atoms with Gasteiger partial charge >= 0.3 is 0 Å². The minimum Gasteiger partial charge on any atom is -0.326 e. The number of amides is 1. The molecule has 1 aliphatic heterocycles. The number of hydrogen-bond donors (Lipinski definition) is 1. The summed E-state index contributed by atoms with van der Waals surface area (Å²) in [5.74, 6) is -0.562. The lowest BCUT2D eigenvalue weighted by Crippen LogP contribution is -2.43. The number of pyridine rings is 1. The fraction of sp³-hybridized carbons (Fsp3) is 0.273. The van der Waals surface area contributed by atoms with Crippen LogP contribution in [-0.2, 0) is 14.8 Å². The number of sulfonamides is 1. The summed E-state index contributed by atoms with van der Waals surface area (Å²) in [6, 6.07) is 14.4. The highest BCUT2D eigenvalue weighted by molar-refractivity contribution is 9.10. The highest BCUT2D eigenvalue weighted by Gasteiger charge is 2.34. The first kappa shape index (κ1) is 21.0. The average Bonchev–Trinajstić information content (AvgIpc) is 2.76. The molecule has 4 rings (SSSR count). The number of anilines is 1. The van der Waals surface area contributed by atoms with Crippen molar-refractivity contribution < 1.29 is 13.2 Å². The van der Waals surface area contributed by atoms with Crippen LogP contribution in [0.4, 0.5) is 5.69 Å². The molecule has 0 unspecified atom stereocenters. The molecule has 3 aromatic rings. The zero-order valence-electron chi connectivity index (χ0n) is 16.5.